The maximum Gasteiger partial charge on any atom is 0.252 e. The molecular weight excluding hydrogens is 627 g/mol. The van der Waals surface area contributed by atoms with Crippen molar-refractivity contribution in [2.45, 2.75) is 105 Å². The van der Waals surface area contributed by atoms with E-state index in [2.05, 4.69) is 178 Å². The first-order chi connectivity index (χ1) is 23.2. The molecule has 0 N–H and O–H groups in total. The molecule has 0 fully saturated rings. The first-order valence-electron chi connectivity index (χ1n) is 18.2. The first kappa shape index (κ1) is 34.5. The zero-order valence-corrected chi connectivity index (χ0v) is 32.8. The van der Waals surface area contributed by atoms with Gasteiger partial charge < -0.3 is 9.80 Å². The number of fused-ring (bicyclic) bond motifs is 4. The van der Waals surface area contributed by atoms with Crippen LogP contribution in [0, 0.1) is 0 Å². The zero-order chi connectivity index (χ0) is 36.1. The second-order valence-electron chi connectivity index (χ2n) is 18.6. The van der Waals surface area contributed by atoms with Gasteiger partial charge in [-0.25, -0.2) is 0 Å². The van der Waals surface area contributed by atoms with E-state index in [4.69, 9.17) is 11.6 Å². The van der Waals surface area contributed by atoms with Gasteiger partial charge in [0.25, 0.3) is 6.71 Å². The Morgan fingerprint density at radius 3 is 1.34 bits per heavy atom. The van der Waals surface area contributed by atoms with Crippen molar-refractivity contribution in [3.05, 3.63) is 124 Å². The van der Waals surface area contributed by atoms with Crippen molar-refractivity contribution in [1.29, 1.82) is 0 Å². The van der Waals surface area contributed by atoms with Gasteiger partial charge in [-0.1, -0.05) is 131 Å². The largest absolute Gasteiger partial charge is 0.311 e. The third kappa shape index (κ3) is 5.86. The normalized spacial score (nSPS) is 14.4. The van der Waals surface area contributed by atoms with Gasteiger partial charge in [0, 0.05) is 39.1 Å². The lowest BCUT2D eigenvalue weighted by atomic mass is 9.33. The summed E-state index contributed by atoms with van der Waals surface area (Å²) in [6.45, 7) is 27.8. The maximum atomic E-state index is 6.51. The van der Waals surface area contributed by atoms with E-state index in [1.165, 1.54) is 67.1 Å². The lowest BCUT2D eigenvalue weighted by Crippen LogP contribution is -2.61. The fourth-order valence-electron chi connectivity index (χ4n) is 7.62. The number of hydrogen-bond donors (Lipinski definition) is 0. The van der Waals surface area contributed by atoms with Gasteiger partial charge in [0.1, 0.15) is 0 Å². The Kier molecular flexibility index (Phi) is 7.96. The average molecular weight is 679 g/mol. The number of nitrogens with zero attached hydrogens (tertiary/aromatic N) is 2. The Morgan fingerprint density at radius 1 is 0.400 bits per heavy atom. The molecule has 0 bridgehead atoms. The van der Waals surface area contributed by atoms with Crippen LogP contribution in [0.3, 0.4) is 0 Å². The minimum Gasteiger partial charge on any atom is -0.311 e. The lowest BCUT2D eigenvalue weighted by Gasteiger charge is -2.45. The molecule has 0 spiro atoms. The highest BCUT2D eigenvalue weighted by Gasteiger charge is 2.44. The Labute approximate surface area is 306 Å². The summed E-state index contributed by atoms with van der Waals surface area (Å²) in [6.07, 6.45) is 0. The summed E-state index contributed by atoms with van der Waals surface area (Å²) in [7, 11) is 0. The van der Waals surface area contributed by atoms with Crippen LogP contribution in [-0.4, -0.2) is 6.71 Å². The lowest BCUT2D eigenvalue weighted by molar-refractivity contribution is 0.589. The number of rotatable bonds is 2. The van der Waals surface area contributed by atoms with Crippen LogP contribution in [0.5, 0.6) is 0 Å². The van der Waals surface area contributed by atoms with Crippen LogP contribution in [0.2, 0.25) is 5.02 Å². The Balaban J connectivity index is 1.62. The molecule has 2 aliphatic heterocycles. The van der Waals surface area contributed by atoms with Crippen LogP contribution < -0.4 is 26.2 Å². The Bertz CT molecular complexity index is 2100. The van der Waals surface area contributed by atoms with Crippen LogP contribution in [0.15, 0.2) is 97.1 Å². The van der Waals surface area contributed by atoms with Gasteiger partial charge >= 0.3 is 0 Å². The highest BCUT2D eigenvalue weighted by Crippen LogP contribution is 2.47. The van der Waals surface area contributed by atoms with E-state index in [1.807, 2.05) is 12.1 Å². The minimum absolute atomic E-state index is 0.000710. The number of halogens is 1. The van der Waals surface area contributed by atoms with Crippen molar-refractivity contribution in [3.8, 4) is 0 Å². The predicted molar refractivity (Wildman–Crippen MR) is 220 cm³/mol. The van der Waals surface area contributed by atoms with E-state index in [0.29, 0.717) is 0 Å². The van der Waals surface area contributed by atoms with Gasteiger partial charge in [0.15, 0.2) is 0 Å². The van der Waals surface area contributed by atoms with Gasteiger partial charge in [0.05, 0.1) is 0 Å². The van der Waals surface area contributed by atoms with E-state index in [0.717, 1.165) is 10.7 Å². The van der Waals surface area contributed by atoms with Gasteiger partial charge in [0.2, 0.25) is 0 Å². The summed E-state index contributed by atoms with van der Waals surface area (Å²) in [6, 6.07) is 37.0. The van der Waals surface area contributed by atoms with Gasteiger partial charge in [-0.15, -0.1) is 0 Å². The number of anilines is 6. The molecule has 0 saturated heterocycles. The average Bonchev–Trinajstić information content (AvgIpc) is 3.03. The highest BCUT2D eigenvalue weighted by atomic mass is 35.5. The molecule has 2 heterocycles. The molecule has 7 rings (SSSR count). The zero-order valence-electron chi connectivity index (χ0n) is 32.1. The smallest absolute Gasteiger partial charge is 0.252 e. The SMILES string of the molecule is CC(C)(C)c1ccc(N2c3ccc(C(C)(C)C)cc3B3c4ccc(C(C)(C)C)cc4N(c4ccc(Cl)cc4)c4cc(C(C)(C)C)cc2c43)cc1. The molecule has 5 aromatic rings. The topological polar surface area (TPSA) is 6.48 Å². The molecule has 0 radical (unpaired) electrons. The molecule has 4 heteroatoms. The number of hydrogen-bond acceptors (Lipinski definition) is 2. The molecule has 5 aromatic carbocycles. The molecule has 0 aromatic heterocycles. The molecule has 0 saturated carbocycles. The fraction of sp³-hybridized carbons (Fsp3) is 0.348. The molecule has 0 amide bonds. The van der Waals surface area contributed by atoms with E-state index in [9.17, 15) is 0 Å². The molecule has 0 aliphatic carbocycles. The second-order valence-corrected chi connectivity index (χ2v) is 19.0. The van der Waals surface area contributed by atoms with Crippen molar-refractivity contribution in [3.63, 3.8) is 0 Å². The first-order valence-corrected chi connectivity index (χ1v) is 18.5. The molecule has 0 unspecified atom stereocenters. The maximum absolute atomic E-state index is 6.51. The van der Waals surface area contributed by atoms with Gasteiger partial charge in [-0.3, -0.25) is 0 Å². The van der Waals surface area contributed by atoms with Crippen molar-refractivity contribution in [2.75, 3.05) is 9.80 Å². The number of benzene rings is 5. The second kappa shape index (κ2) is 11.5. The summed E-state index contributed by atoms with van der Waals surface area (Å²) in [5.74, 6) is 0. The minimum atomic E-state index is -0.0711. The molecular formula is C46H52BClN2. The summed E-state index contributed by atoms with van der Waals surface area (Å²) in [5, 5.41) is 0.742. The summed E-state index contributed by atoms with van der Waals surface area (Å²) < 4.78 is 0. The Morgan fingerprint density at radius 2 is 0.820 bits per heavy atom. The highest BCUT2D eigenvalue weighted by molar-refractivity contribution is 7.00. The van der Waals surface area contributed by atoms with E-state index >= 15 is 0 Å². The molecule has 0 atom stereocenters. The standard InChI is InChI=1S/C46H52BClN2/c1-43(2,3)29-13-19-34(20-14-29)49-38-24-16-30(44(4,5)6)25-37(38)47-36-23-15-31(45(7,8)9)26-39(36)50(35-21-17-33(48)18-22-35)41-28-32(46(10,11)12)27-40(49)42(41)47/h13-28H,1-12H3. The van der Waals surface area contributed by atoms with E-state index in [-0.39, 0.29) is 28.4 Å². The summed E-state index contributed by atoms with van der Waals surface area (Å²) in [5.41, 5.74) is 16.7. The van der Waals surface area contributed by atoms with Gasteiger partial charge in [-0.2, -0.15) is 0 Å². The van der Waals surface area contributed by atoms with Crippen molar-refractivity contribution in [1.82, 2.24) is 0 Å². The quantitative estimate of drug-likeness (QED) is 0.168. The molecule has 50 heavy (non-hydrogen) atoms. The van der Waals surface area contributed by atoms with Crippen molar-refractivity contribution >= 4 is 68.8 Å². The van der Waals surface area contributed by atoms with Crippen LogP contribution in [0.1, 0.15) is 105 Å². The fourth-order valence-corrected chi connectivity index (χ4v) is 7.75. The summed E-state index contributed by atoms with van der Waals surface area (Å²) >= 11 is 6.51. The molecule has 256 valence electrons. The third-order valence-electron chi connectivity index (χ3n) is 10.7. The molecule has 2 nitrogen and oxygen atoms in total. The third-order valence-corrected chi connectivity index (χ3v) is 11.0. The summed E-state index contributed by atoms with van der Waals surface area (Å²) in [4.78, 5) is 5.04. The van der Waals surface area contributed by atoms with E-state index < -0.39 is 0 Å². The van der Waals surface area contributed by atoms with E-state index in [1.54, 1.807) is 0 Å². The monoisotopic (exact) mass is 678 g/mol. The van der Waals surface area contributed by atoms with Crippen LogP contribution in [0.25, 0.3) is 0 Å². The van der Waals surface area contributed by atoms with Crippen LogP contribution in [0.4, 0.5) is 34.1 Å². The van der Waals surface area contributed by atoms with Crippen LogP contribution >= 0.6 is 11.6 Å². The predicted octanol–water partition coefficient (Wildman–Crippen LogP) is 11.6. The Hall–Kier alpha value is -3.95. The molecule has 2 aliphatic rings. The van der Waals surface area contributed by atoms with Crippen molar-refractivity contribution < 1.29 is 0 Å². The van der Waals surface area contributed by atoms with Gasteiger partial charge in [-0.05, 0) is 121 Å². The van der Waals surface area contributed by atoms with Crippen LogP contribution in [-0.2, 0) is 21.7 Å². The van der Waals surface area contributed by atoms with Crippen molar-refractivity contribution in [2.24, 2.45) is 0 Å².